The average Bonchev–Trinajstić information content (AvgIpc) is 3.42. The number of nitrogens with zero attached hydrogens (tertiary/aromatic N) is 4. The van der Waals surface area contributed by atoms with Crippen LogP contribution in [0.15, 0.2) is 116 Å². The number of aromatic nitrogens is 4. The van der Waals surface area contributed by atoms with Gasteiger partial charge in [0, 0.05) is 29.8 Å². The largest absolute Gasteiger partial charge is 0.340 e. The lowest BCUT2D eigenvalue weighted by Gasteiger charge is -2.18. The minimum absolute atomic E-state index is 0.0844. The van der Waals surface area contributed by atoms with Crippen LogP contribution in [-0.4, -0.2) is 25.4 Å². The van der Waals surface area contributed by atoms with E-state index in [1.165, 1.54) is 6.33 Å². The quantitative estimate of drug-likeness (QED) is 0.360. The van der Waals surface area contributed by atoms with E-state index in [4.69, 9.17) is 0 Å². The van der Waals surface area contributed by atoms with E-state index >= 15 is 0 Å². The molecule has 7 heteroatoms. The number of carbonyl (C=O) groups excluding carboxylic acids is 1. The van der Waals surface area contributed by atoms with E-state index < -0.39 is 5.92 Å². The van der Waals surface area contributed by atoms with Crippen molar-refractivity contribution in [2.24, 2.45) is 0 Å². The average molecular weight is 447 g/mol. The zero-order valence-electron chi connectivity index (χ0n) is 18.2. The summed E-state index contributed by atoms with van der Waals surface area (Å²) in [5.74, 6) is 0.886. The number of benzene rings is 3. The lowest BCUT2D eigenvalue weighted by Crippen LogP contribution is -2.22. The summed E-state index contributed by atoms with van der Waals surface area (Å²) in [6.45, 7) is 0. The SMILES string of the molecule is O=C(Nc1ccc(Nc2cc(-n3ccnc3)ncn2)cc1)C(c1ccccc1)c1ccccc1. The van der Waals surface area contributed by atoms with Gasteiger partial charge in [0.25, 0.3) is 0 Å². The van der Waals surface area contributed by atoms with Gasteiger partial charge < -0.3 is 10.6 Å². The van der Waals surface area contributed by atoms with Crippen molar-refractivity contribution >= 4 is 23.1 Å². The molecule has 0 saturated carbocycles. The Labute approximate surface area is 197 Å². The topological polar surface area (TPSA) is 84.7 Å². The van der Waals surface area contributed by atoms with Crippen LogP contribution in [0.2, 0.25) is 0 Å². The van der Waals surface area contributed by atoms with Crippen LogP contribution < -0.4 is 10.6 Å². The monoisotopic (exact) mass is 446 g/mol. The fraction of sp³-hybridized carbons (Fsp3) is 0.0370. The molecule has 5 rings (SSSR count). The number of carbonyl (C=O) groups is 1. The van der Waals surface area contributed by atoms with Crippen LogP contribution in [-0.2, 0) is 4.79 Å². The van der Waals surface area contributed by atoms with Gasteiger partial charge in [-0.1, -0.05) is 60.7 Å². The predicted molar refractivity (Wildman–Crippen MR) is 132 cm³/mol. The number of nitrogens with one attached hydrogen (secondary N) is 2. The Balaban J connectivity index is 1.31. The van der Waals surface area contributed by atoms with E-state index in [0.29, 0.717) is 17.3 Å². The van der Waals surface area contributed by atoms with E-state index in [9.17, 15) is 4.79 Å². The number of imidazole rings is 1. The Morgan fingerprint density at radius 2 is 1.44 bits per heavy atom. The fourth-order valence-electron chi connectivity index (χ4n) is 3.74. The molecule has 1 amide bonds. The van der Waals surface area contributed by atoms with Gasteiger partial charge in [0.15, 0.2) is 0 Å². The fourth-order valence-corrected chi connectivity index (χ4v) is 3.74. The Kier molecular flexibility index (Phi) is 6.07. The van der Waals surface area contributed by atoms with E-state index in [2.05, 4.69) is 25.6 Å². The number of anilines is 3. The van der Waals surface area contributed by atoms with Crippen molar-refractivity contribution < 1.29 is 4.79 Å². The molecule has 0 fully saturated rings. The van der Waals surface area contributed by atoms with Gasteiger partial charge in [-0.3, -0.25) is 9.36 Å². The normalized spacial score (nSPS) is 10.7. The van der Waals surface area contributed by atoms with E-state index in [-0.39, 0.29) is 5.91 Å². The summed E-state index contributed by atoms with van der Waals surface area (Å²) in [4.78, 5) is 25.9. The van der Waals surface area contributed by atoms with Gasteiger partial charge >= 0.3 is 0 Å². The highest BCUT2D eigenvalue weighted by Gasteiger charge is 2.22. The molecule has 3 aromatic carbocycles. The summed E-state index contributed by atoms with van der Waals surface area (Å²) >= 11 is 0. The minimum Gasteiger partial charge on any atom is -0.340 e. The molecule has 5 aromatic rings. The van der Waals surface area contributed by atoms with Gasteiger partial charge in [0.1, 0.15) is 24.3 Å². The standard InChI is InChI=1S/C27H22N6O/c34-27(26(20-7-3-1-4-8-20)21-9-5-2-6-10-21)32-23-13-11-22(12-14-23)31-24-17-25(30-18-29-24)33-16-15-28-19-33/h1-19,26H,(H,32,34)(H,29,30,31). The molecule has 34 heavy (non-hydrogen) atoms. The second kappa shape index (κ2) is 9.79. The van der Waals surface area contributed by atoms with E-state index in [0.717, 1.165) is 16.8 Å². The van der Waals surface area contributed by atoms with Gasteiger partial charge in [0.05, 0.1) is 5.92 Å². The third kappa shape index (κ3) is 4.83. The molecule has 2 aromatic heterocycles. The maximum Gasteiger partial charge on any atom is 0.236 e. The molecule has 0 saturated heterocycles. The summed E-state index contributed by atoms with van der Waals surface area (Å²) in [6, 6.07) is 29.0. The van der Waals surface area contributed by atoms with E-state index in [1.54, 1.807) is 17.1 Å². The maximum atomic E-state index is 13.3. The molecule has 0 aliphatic heterocycles. The van der Waals surface area contributed by atoms with Crippen molar-refractivity contribution in [3.63, 3.8) is 0 Å². The molecule has 0 bridgehead atoms. The van der Waals surface area contributed by atoms with Crippen molar-refractivity contribution in [1.82, 2.24) is 19.5 Å². The highest BCUT2D eigenvalue weighted by atomic mass is 16.1. The second-order valence-electron chi connectivity index (χ2n) is 7.68. The van der Waals surface area contributed by atoms with Crippen LogP contribution in [0.3, 0.4) is 0 Å². The van der Waals surface area contributed by atoms with Gasteiger partial charge in [-0.15, -0.1) is 0 Å². The zero-order valence-corrected chi connectivity index (χ0v) is 18.2. The van der Waals surface area contributed by atoms with Crippen molar-refractivity contribution in [2.45, 2.75) is 5.92 Å². The zero-order chi connectivity index (χ0) is 23.2. The first-order valence-corrected chi connectivity index (χ1v) is 10.8. The van der Waals surface area contributed by atoms with Crippen molar-refractivity contribution in [3.8, 4) is 5.82 Å². The van der Waals surface area contributed by atoms with Crippen LogP contribution in [0, 0.1) is 0 Å². The van der Waals surface area contributed by atoms with Crippen molar-refractivity contribution in [2.75, 3.05) is 10.6 Å². The molecule has 0 spiro atoms. The third-order valence-electron chi connectivity index (χ3n) is 5.37. The lowest BCUT2D eigenvalue weighted by atomic mass is 9.90. The first-order chi connectivity index (χ1) is 16.8. The lowest BCUT2D eigenvalue weighted by molar-refractivity contribution is -0.116. The molecule has 0 atom stereocenters. The van der Waals surface area contributed by atoms with Crippen LogP contribution >= 0.6 is 0 Å². The van der Waals surface area contributed by atoms with Crippen LogP contribution in [0.4, 0.5) is 17.2 Å². The molecule has 0 aliphatic carbocycles. The number of rotatable bonds is 7. The molecule has 0 radical (unpaired) electrons. The number of hydrogen-bond donors (Lipinski definition) is 2. The molecule has 0 unspecified atom stereocenters. The summed E-state index contributed by atoms with van der Waals surface area (Å²) in [5.41, 5.74) is 3.45. The second-order valence-corrected chi connectivity index (χ2v) is 7.68. The molecular formula is C27H22N6O. The van der Waals surface area contributed by atoms with Crippen molar-refractivity contribution in [3.05, 3.63) is 127 Å². The van der Waals surface area contributed by atoms with Crippen LogP contribution in [0.25, 0.3) is 5.82 Å². The molecular weight excluding hydrogens is 424 g/mol. The maximum absolute atomic E-state index is 13.3. The van der Waals surface area contributed by atoms with Crippen LogP contribution in [0.5, 0.6) is 0 Å². The van der Waals surface area contributed by atoms with Gasteiger partial charge in [-0.2, -0.15) is 0 Å². The third-order valence-corrected chi connectivity index (χ3v) is 5.37. The van der Waals surface area contributed by atoms with Crippen LogP contribution in [0.1, 0.15) is 17.0 Å². The molecule has 0 aliphatic rings. The van der Waals surface area contributed by atoms with Gasteiger partial charge in [0.2, 0.25) is 5.91 Å². The Bertz CT molecular complexity index is 1310. The van der Waals surface area contributed by atoms with E-state index in [1.807, 2.05) is 97.2 Å². The minimum atomic E-state index is -0.400. The molecule has 166 valence electrons. The Morgan fingerprint density at radius 3 is 2.06 bits per heavy atom. The molecule has 2 N–H and O–H groups in total. The Hall–Kier alpha value is -4.78. The number of amides is 1. The Morgan fingerprint density at radius 1 is 0.794 bits per heavy atom. The van der Waals surface area contributed by atoms with Gasteiger partial charge in [-0.25, -0.2) is 15.0 Å². The summed E-state index contributed by atoms with van der Waals surface area (Å²) < 4.78 is 1.81. The summed E-state index contributed by atoms with van der Waals surface area (Å²) in [5, 5.41) is 6.32. The predicted octanol–water partition coefficient (Wildman–Crippen LogP) is 5.18. The number of hydrogen-bond acceptors (Lipinski definition) is 5. The highest BCUT2D eigenvalue weighted by Crippen LogP contribution is 2.27. The summed E-state index contributed by atoms with van der Waals surface area (Å²) in [6.07, 6.45) is 6.70. The highest BCUT2D eigenvalue weighted by molar-refractivity contribution is 5.98. The first kappa shape index (κ1) is 21.1. The summed E-state index contributed by atoms with van der Waals surface area (Å²) in [7, 11) is 0. The van der Waals surface area contributed by atoms with Crippen molar-refractivity contribution in [1.29, 1.82) is 0 Å². The smallest absolute Gasteiger partial charge is 0.236 e. The van der Waals surface area contributed by atoms with Gasteiger partial charge in [-0.05, 0) is 35.4 Å². The first-order valence-electron chi connectivity index (χ1n) is 10.8. The molecule has 7 nitrogen and oxygen atoms in total. The molecule has 2 heterocycles.